The molecule has 0 aliphatic rings. The molecule has 0 radical (unpaired) electrons. The lowest BCUT2D eigenvalue weighted by Crippen LogP contribution is -2.27. The lowest BCUT2D eigenvalue weighted by molar-refractivity contribution is 0.0987. The summed E-state index contributed by atoms with van der Waals surface area (Å²) in [5.74, 6) is -0.0366. The number of thiazole rings is 1. The van der Waals surface area contributed by atoms with Gasteiger partial charge < -0.3 is 4.90 Å². The summed E-state index contributed by atoms with van der Waals surface area (Å²) in [6, 6.07) is 9.59. The van der Waals surface area contributed by atoms with E-state index in [-0.39, 0.29) is 5.91 Å². The minimum Gasteiger partial charge on any atom is -0.310 e. The summed E-state index contributed by atoms with van der Waals surface area (Å²) in [6.07, 6.45) is 3.50. The largest absolute Gasteiger partial charge is 0.310 e. The van der Waals surface area contributed by atoms with E-state index in [1.165, 1.54) is 11.3 Å². The SMILES string of the molecule is CN(C(=O)c1csc2nccn12)c1ccccc1. The Morgan fingerprint density at radius 3 is 2.89 bits per heavy atom. The van der Waals surface area contributed by atoms with Crippen molar-refractivity contribution in [2.45, 2.75) is 0 Å². The number of rotatable bonds is 2. The first-order valence-corrected chi connectivity index (χ1v) is 6.39. The zero-order valence-electron chi connectivity index (χ0n) is 9.78. The molecule has 0 unspecified atom stereocenters. The first kappa shape index (κ1) is 11.0. The van der Waals surface area contributed by atoms with Gasteiger partial charge in [0.2, 0.25) is 0 Å². The number of carbonyl (C=O) groups is 1. The highest BCUT2D eigenvalue weighted by atomic mass is 32.1. The molecule has 0 N–H and O–H groups in total. The molecule has 3 rings (SSSR count). The van der Waals surface area contributed by atoms with E-state index in [1.54, 1.807) is 24.3 Å². The normalized spacial score (nSPS) is 10.7. The predicted octanol–water partition coefficient (Wildman–Crippen LogP) is 2.67. The van der Waals surface area contributed by atoms with Crippen molar-refractivity contribution in [3.8, 4) is 0 Å². The predicted molar refractivity (Wildman–Crippen MR) is 72.2 cm³/mol. The molecule has 90 valence electrons. The maximum atomic E-state index is 12.4. The lowest BCUT2D eigenvalue weighted by atomic mass is 10.3. The number of benzene rings is 1. The van der Waals surface area contributed by atoms with Crippen molar-refractivity contribution in [1.82, 2.24) is 9.38 Å². The Bertz CT molecular complexity index is 686. The average molecular weight is 257 g/mol. The van der Waals surface area contributed by atoms with Gasteiger partial charge in [0.15, 0.2) is 4.96 Å². The Balaban J connectivity index is 1.98. The summed E-state index contributed by atoms with van der Waals surface area (Å²) in [7, 11) is 1.78. The van der Waals surface area contributed by atoms with Gasteiger partial charge in [-0.3, -0.25) is 9.20 Å². The second-order valence-electron chi connectivity index (χ2n) is 3.90. The lowest BCUT2D eigenvalue weighted by Gasteiger charge is -2.16. The van der Waals surface area contributed by atoms with Crippen LogP contribution in [0.3, 0.4) is 0 Å². The molecule has 0 fully saturated rings. The van der Waals surface area contributed by atoms with E-state index in [2.05, 4.69) is 4.98 Å². The van der Waals surface area contributed by atoms with Crippen LogP contribution in [0.4, 0.5) is 5.69 Å². The van der Waals surface area contributed by atoms with Crippen molar-refractivity contribution < 1.29 is 4.79 Å². The number of carbonyl (C=O) groups excluding carboxylic acids is 1. The highest BCUT2D eigenvalue weighted by Gasteiger charge is 2.17. The first-order valence-electron chi connectivity index (χ1n) is 5.51. The summed E-state index contributed by atoms with van der Waals surface area (Å²) >= 11 is 1.47. The highest BCUT2D eigenvalue weighted by Crippen LogP contribution is 2.19. The molecule has 0 saturated carbocycles. The third kappa shape index (κ3) is 1.69. The van der Waals surface area contributed by atoms with Gasteiger partial charge in [-0.15, -0.1) is 11.3 Å². The molecule has 1 aromatic carbocycles. The van der Waals surface area contributed by atoms with Crippen molar-refractivity contribution in [3.63, 3.8) is 0 Å². The fraction of sp³-hybridized carbons (Fsp3) is 0.0769. The molecule has 0 atom stereocenters. The molecule has 0 bridgehead atoms. The zero-order valence-corrected chi connectivity index (χ0v) is 10.6. The second kappa shape index (κ2) is 4.27. The maximum Gasteiger partial charge on any atom is 0.275 e. The van der Waals surface area contributed by atoms with Crippen LogP contribution in [0, 0.1) is 0 Å². The molecule has 2 heterocycles. The van der Waals surface area contributed by atoms with Crippen LogP contribution < -0.4 is 4.90 Å². The number of para-hydroxylation sites is 1. The molecular weight excluding hydrogens is 246 g/mol. The van der Waals surface area contributed by atoms with Gasteiger partial charge in [0, 0.05) is 30.5 Å². The van der Waals surface area contributed by atoms with Crippen molar-refractivity contribution in [3.05, 3.63) is 53.8 Å². The Morgan fingerprint density at radius 2 is 2.11 bits per heavy atom. The van der Waals surface area contributed by atoms with Gasteiger partial charge in [-0.2, -0.15) is 0 Å². The van der Waals surface area contributed by atoms with E-state index in [0.717, 1.165) is 10.6 Å². The standard InChI is InChI=1S/C13H11N3OS/c1-15(10-5-3-2-4-6-10)12(17)11-9-18-13-14-7-8-16(11)13/h2-9H,1H3. The van der Waals surface area contributed by atoms with E-state index < -0.39 is 0 Å². The fourth-order valence-corrected chi connectivity index (χ4v) is 2.65. The molecule has 18 heavy (non-hydrogen) atoms. The number of anilines is 1. The Morgan fingerprint density at radius 1 is 1.33 bits per heavy atom. The number of hydrogen-bond donors (Lipinski definition) is 0. The third-order valence-electron chi connectivity index (χ3n) is 2.81. The van der Waals surface area contributed by atoms with Gasteiger partial charge in [-0.05, 0) is 12.1 Å². The fourth-order valence-electron chi connectivity index (χ4n) is 1.82. The van der Waals surface area contributed by atoms with Gasteiger partial charge in [-0.1, -0.05) is 18.2 Å². The molecule has 0 aliphatic carbocycles. The van der Waals surface area contributed by atoms with Crippen LogP contribution in [-0.2, 0) is 0 Å². The molecule has 0 aliphatic heterocycles. The number of hydrogen-bond acceptors (Lipinski definition) is 3. The van der Waals surface area contributed by atoms with Crippen LogP contribution in [0.1, 0.15) is 10.5 Å². The summed E-state index contributed by atoms with van der Waals surface area (Å²) in [5.41, 5.74) is 1.51. The average Bonchev–Trinajstić information content (AvgIpc) is 3.00. The molecule has 2 aromatic heterocycles. The highest BCUT2D eigenvalue weighted by molar-refractivity contribution is 7.15. The van der Waals surface area contributed by atoms with Crippen molar-refractivity contribution >= 4 is 27.9 Å². The summed E-state index contributed by atoms with van der Waals surface area (Å²) in [5, 5.41) is 1.84. The molecule has 5 heteroatoms. The van der Waals surface area contributed by atoms with Gasteiger partial charge in [0.25, 0.3) is 5.91 Å². The Labute approximate surface area is 108 Å². The smallest absolute Gasteiger partial charge is 0.275 e. The molecule has 3 aromatic rings. The topological polar surface area (TPSA) is 37.6 Å². The van der Waals surface area contributed by atoms with Gasteiger partial charge in [0.05, 0.1) is 0 Å². The van der Waals surface area contributed by atoms with Gasteiger partial charge in [0.1, 0.15) is 5.69 Å². The summed E-state index contributed by atoms with van der Waals surface area (Å²) in [6.45, 7) is 0. The molecule has 1 amide bonds. The van der Waals surface area contributed by atoms with E-state index in [4.69, 9.17) is 0 Å². The quantitative estimate of drug-likeness (QED) is 0.708. The van der Waals surface area contributed by atoms with Crippen LogP contribution in [0.25, 0.3) is 4.96 Å². The van der Waals surface area contributed by atoms with Crippen LogP contribution >= 0.6 is 11.3 Å². The van der Waals surface area contributed by atoms with Crippen molar-refractivity contribution in [1.29, 1.82) is 0 Å². The van der Waals surface area contributed by atoms with Gasteiger partial charge in [-0.25, -0.2) is 4.98 Å². The van der Waals surface area contributed by atoms with Gasteiger partial charge >= 0.3 is 0 Å². The van der Waals surface area contributed by atoms with Crippen LogP contribution in [0.2, 0.25) is 0 Å². The minimum absolute atomic E-state index is 0.0366. The number of amides is 1. The first-order chi connectivity index (χ1) is 8.77. The Kier molecular flexibility index (Phi) is 2.60. The molecular formula is C13H11N3OS. The molecule has 0 saturated heterocycles. The minimum atomic E-state index is -0.0366. The Hall–Kier alpha value is -2.14. The summed E-state index contributed by atoms with van der Waals surface area (Å²) < 4.78 is 1.81. The number of imidazole rings is 1. The number of fused-ring (bicyclic) bond motifs is 1. The molecule has 0 spiro atoms. The van der Waals surface area contributed by atoms with E-state index in [1.807, 2.05) is 40.1 Å². The van der Waals surface area contributed by atoms with Crippen molar-refractivity contribution in [2.75, 3.05) is 11.9 Å². The zero-order chi connectivity index (χ0) is 12.5. The third-order valence-corrected chi connectivity index (χ3v) is 3.66. The van der Waals surface area contributed by atoms with E-state index >= 15 is 0 Å². The van der Waals surface area contributed by atoms with E-state index in [9.17, 15) is 4.79 Å². The van der Waals surface area contributed by atoms with Crippen LogP contribution in [-0.4, -0.2) is 22.3 Å². The summed E-state index contributed by atoms with van der Waals surface area (Å²) in [4.78, 5) is 19.0. The maximum absolute atomic E-state index is 12.4. The molecule has 4 nitrogen and oxygen atoms in total. The van der Waals surface area contributed by atoms with E-state index in [0.29, 0.717) is 5.69 Å². The number of aromatic nitrogens is 2. The second-order valence-corrected chi connectivity index (χ2v) is 4.74. The monoisotopic (exact) mass is 257 g/mol. The van der Waals surface area contributed by atoms with Crippen LogP contribution in [0.5, 0.6) is 0 Å². The van der Waals surface area contributed by atoms with Crippen LogP contribution in [0.15, 0.2) is 48.1 Å². The number of nitrogens with zero attached hydrogens (tertiary/aromatic N) is 3. The van der Waals surface area contributed by atoms with Crippen molar-refractivity contribution in [2.24, 2.45) is 0 Å².